The van der Waals surface area contributed by atoms with Gasteiger partial charge in [0.25, 0.3) is 10.1 Å². The van der Waals surface area contributed by atoms with E-state index in [1.54, 1.807) is 0 Å². The Bertz CT molecular complexity index is 1210. The van der Waals surface area contributed by atoms with Gasteiger partial charge in [0.15, 0.2) is 0 Å². The second-order valence-corrected chi connectivity index (χ2v) is 7.16. The first kappa shape index (κ1) is 19.6. The van der Waals surface area contributed by atoms with Gasteiger partial charge >= 0.3 is 6.18 Å². The highest BCUT2D eigenvalue weighted by Crippen LogP contribution is 2.41. The average Bonchev–Trinajstić information content (AvgIpc) is 2.59. The zero-order valence-corrected chi connectivity index (χ0v) is 14.7. The number of azo groups is 1. The molecule has 0 aliphatic carbocycles. The molecule has 0 radical (unpaired) electrons. The lowest BCUT2D eigenvalue weighted by molar-refractivity contribution is -0.137. The van der Waals surface area contributed by atoms with Crippen LogP contribution in [-0.2, 0) is 16.3 Å². The van der Waals surface area contributed by atoms with Crippen LogP contribution in [0.25, 0.3) is 10.8 Å². The molecule has 11 heteroatoms. The minimum atomic E-state index is -4.65. The van der Waals surface area contributed by atoms with Gasteiger partial charge in [0.2, 0.25) is 0 Å². The first-order chi connectivity index (χ1) is 13.0. The summed E-state index contributed by atoms with van der Waals surface area (Å²) in [5.74, 6) is -0.588. The van der Waals surface area contributed by atoms with Gasteiger partial charge in [0.05, 0.1) is 27.2 Å². The molecule has 0 atom stereocenters. The largest absolute Gasteiger partial charge is 0.507 e. The van der Waals surface area contributed by atoms with E-state index in [0.29, 0.717) is 0 Å². The number of nitrogens with zero attached hydrogens (tertiary/aromatic N) is 2. The Morgan fingerprint density at radius 3 is 2.32 bits per heavy atom. The molecule has 0 fully saturated rings. The van der Waals surface area contributed by atoms with Crippen molar-refractivity contribution < 1.29 is 31.2 Å². The Labute approximate surface area is 156 Å². The fourth-order valence-corrected chi connectivity index (χ4v) is 3.11. The van der Waals surface area contributed by atoms with Gasteiger partial charge in [-0.05, 0) is 29.7 Å². The molecule has 0 amide bonds. The number of aromatic hydroxyl groups is 1. The summed E-state index contributed by atoms with van der Waals surface area (Å²) in [4.78, 5) is -0.562. The zero-order valence-electron chi connectivity index (χ0n) is 13.8. The van der Waals surface area contributed by atoms with Crippen LogP contribution in [0.3, 0.4) is 0 Å². The maximum atomic E-state index is 13.1. The standard InChI is InChI=1S/C17H12F3N3O4S/c18-17(19,20)11-3-1-2-4-13(11)22-23-16-12(21)6-5-9-7-10(28(25,26)27)8-14(24)15(9)16/h1-8,24H,21H2,(H,25,26,27). The summed E-state index contributed by atoms with van der Waals surface area (Å²) in [5.41, 5.74) is 4.20. The predicted octanol–water partition coefficient (Wildman–Crippen LogP) is 4.81. The number of alkyl halides is 3. The lowest BCUT2D eigenvalue weighted by atomic mass is 10.1. The highest BCUT2D eigenvalue weighted by atomic mass is 32.2. The molecule has 0 unspecified atom stereocenters. The Balaban J connectivity index is 2.20. The molecule has 146 valence electrons. The van der Waals surface area contributed by atoms with E-state index in [0.717, 1.165) is 24.3 Å². The molecule has 0 aliphatic rings. The van der Waals surface area contributed by atoms with Gasteiger partial charge in [-0.3, -0.25) is 4.55 Å². The molecule has 3 aromatic rings. The van der Waals surface area contributed by atoms with E-state index in [1.165, 1.54) is 24.3 Å². The summed E-state index contributed by atoms with van der Waals surface area (Å²) in [7, 11) is -4.59. The quantitative estimate of drug-likeness (QED) is 0.324. The summed E-state index contributed by atoms with van der Waals surface area (Å²) < 4.78 is 71.0. The maximum Gasteiger partial charge on any atom is 0.418 e. The Morgan fingerprint density at radius 1 is 1.00 bits per heavy atom. The number of hydrogen-bond donors (Lipinski definition) is 3. The number of hydrogen-bond acceptors (Lipinski definition) is 6. The highest BCUT2D eigenvalue weighted by molar-refractivity contribution is 7.85. The zero-order chi connectivity index (χ0) is 20.7. The van der Waals surface area contributed by atoms with E-state index in [-0.39, 0.29) is 22.1 Å². The fourth-order valence-electron chi connectivity index (χ4n) is 2.58. The topological polar surface area (TPSA) is 125 Å². The molecular weight excluding hydrogens is 399 g/mol. The van der Waals surface area contributed by atoms with Crippen molar-refractivity contribution in [3.63, 3.8) is 0 Å². The van der Waals surface area contributed by atoms with Crippen LogP contribution in [0.5, 0.6) is 5.75 Å². The van der Waals surface area contributed by atoms with E-state index in [9.17, 15) is 26.7 Å². The van der Waals surface area contributed by atoms with Crippen molar-refractivity contribution in [1.29, 1.82) is 0 Å². The molecule has 4 N–H and O–H groups in total. The van der Waals surface area contributed by atoms with E-state index in [2.05, 4.69) is 10.2 Å². The highest BCUT2D eigenvalue weighted by Gasteiger charge is 2.33. The number of benzene rings is 3. The molecule has 0 aliphatic heterocycles. The fraction of sp³-hybridized carbons (Fsp3) is 0.0588. The molecule has 7 nitrogen and oxygen atoms in total. The van der Waals surface area contributed by atoms with Crippen LogP contribution >= 0.6 is 0 Å². The number of nitrogens with two attached hydrogens (primary N) is 1. The normalized spacial score (nSPS) is 12.7. The summed E-state index contributed by atoms with van der Waals surface area (Å²) in [6, 6.07) is 9.04. The average molecular weight is 411 g/mol. The summed E-state index contributed by atoms with van der Waals surface area (Å²) >= 11 is 0. The Morgan fingerprint density at radius 2 is 1.68 bits per heavy atom. The van der Waals surface area contributed by atoms with Crippen LogP contribution in [0, 0.1) is 0 Å². The predicted molar refractivity (Wildman–Crippen MR) is 95.5 cm³/mol. The first-order valence-corrected chi connectivity index (χ1v) is 9.03. The molecule has 0 heterocycles. The molecule has 28 heavy (non-hydrogen) atoms. The van der Waals surface area contributed by atoms with Crippen molar-refractivity contribution in [2.75, 3.05) is 5.73 Å². The molecule has 3 aromatic carbocycles. The van der Waals surface area contributed by atoms with E-state index < -0.39 is 38.2 Å². The van der Waals surface area contributed by atoms with Gasteiger partial charge in [-0.15, -0.1) is 10.2 Å². The van der Waals surface area contributed by atoms with Crippen molar-refractivity contribution in [3.05, 3.63) is 54.1 Å². The van der Waals surface area contributed by atoms with Crippen LogP contribution in [-0.4, -0.2) is 18.1 Å². The van der Waals surface area contributed by atoms with Crippen LogP contribution in [0.4, 0.5) is 30.2 Å². The Hall–Kier alpha value is -3.18. The lowest BCUT2D eigenvalue weighted by Crippen LogP contribution is -2.04. The van der Waals surface area contributed by atoms with Crippen LogP contribution in [0.2, 0.25) is 0 Å². The third kappa shape index (κ3) is 3.75. The molecule has 0 saturated carbocycles. The third-order valence-electron chi connectivity index (χ3n) is 3.84. The third-order valence-corrected chi connectivity index (χ3v) is 4.67. The van der Waals surface area contributed by atoms with Gasteiger partial charge < -0.3 is 10.8 Å². The second-order valence-electron chi connectivity index (χ2n) is 5.73. The second kappa shape index (κ2) is 6.77. The summed E-state index contributed by atoms with van der Waals surface area (Å²) in [5, 5.41) is 17.7. The molecule has 0 spiro atoms. The minimum absolute atomic E-state index is 0.00403. The monoisotopic (exact) mass is 411 g/mol. The van der Waals surface area contributed by atoms with Crippen molar-refractivity contribution >= 4 is 38.0 Å². The van der Waals surface area contributed by atoms with Crippen molar-refractivity contribution in [2.45, 2.75) is 11.1 Å². The minimum Gasteiger partial charge on any atom is -0.507 e. The van der Waals surface area contributed by atoms with Crippen molar-refractivity contribution in [2.24, 2.45) is 10.2 Å². The number of fused-ring (bicyclic) bond motifs is 1. The maximum absolute atomic E-state index is 13.1. The number of anilines is 1. The van der Waals surface area contributed by atoms with Gasteiger partial charge in [0, 0.05) is 6.07 Å². The lowest BCUT2D eigenvalue weighted by Gasteiger charge is -2.10. The molecule has 0 bridgehead atoms. The smallest absolute Gasteiger partial charge is 0.418 e. The molecule has 0 saturated heterocycles. The molecule has 0 aromatic heterocycles. The van der Waals surface area contributed by atoms with Crippen molar-refractivity contribution in [3.8, 4) is 5.75 Å². The number of rotatable bonds is 3. The van der Waals surface area contributed by atoms with Crippen molar-refractivity contribution in [1.82, 2.24) is 0 Å². The first-order valence-electron chi connectivity index (χ1n) is 7.59. The number of nitrogen functional groups attached to an aromatic ring is 1. The van der Waals surface area contributed by atoms with Crippen LogP contribution in [0.15, 0.2) is 63.7 Å². The van der Waals surface area contributed by atoms with Gasteiger partial charge in [-0.2, -0.15) is 21.6 Å². The van der Waals surface area contributed by atoms with E-state index in [1.807, 2.05) is 0 Å². The van der Waals surface area contributed by atoms with Gasteiger partial charge in [0.1, 0.15) is 11.4 Å². The molecular formula is C17H12F3N3O4S. The van der Waals surface area contributed by atoms with Gasteiger partial charge in [-0.25, -0.2) is 0 Å². The van der Waals surface area contributed by atoms with Gasteiger partial charge in [-0.1, -0.05) is 18.2 Å². The number of halogens is 3. The van der Waals surface area contributed by atoms with Crippen LogP contribution in [0.1, 0.15) is 5.56 Å². The summed E-state index contributed by atoms with van der Waals surface area (Å²) in [6.07, 6.45) is -4.65. The van der Waals surface area contributed by atoms with Crippen LogP contribution < -0.4 is 5.73 Å². The van der Waals surface area contributed by atoms with E-state index in [4.69, 9.17) is 10.3 Å². The number of phenolic OH excluding ortho intramolecular Hbond substituents is 1. The Kier molecular flexibility index (Phi) is 4.73. The molecule has 3 rings (SSSR count). The summed E-state index contributed by atoms with van der Waals surface area (Å²) in [6.45, 7) is 0. The SMILES string of the molecule is Nc1ccc2cc(S(=O)(=O)O)cc(O)c2c1N=Nc1ccccc1C(F)(F)F. The number of phenols is 1. The van der Waals surface area contributed by atoms with E-state index >= 15 is 0 Å².